The van der Waals surface area contributed by atoms with Crippen molar-refractivity contribution in [3.63, 3.8) is 0 Å². The van der Waals surface area contributed by atoms with E-state index in [2.05, 4.69) is 10.6 Å². The number of carbonyl (C=O) groups excluding carboxylic acids is 3. The first-order chi connectivity index (χ1) is 17.5. The van der Waals surface area contributed by atoms with E-state index in [4.69, 9.17) is 4.74 Å². The molecular weight excluding hydrogens is 478 g/mol. The number of amides is 3. The maximum absolute atomic E-state index is 14.3. The lowest BCUT2D eigenvalue weighted by Gasteiger charge is -2.39. The van der Waals surface area contributed by atoms with Gasteiger partial charge in [-0.15, -0.1) is 0 Å². The van der Waals surface area contributed by atoms with Crippen LogP contribution in [0.2, 0.25) is 0 Å². The molecule has 0 fully saturated rings. The number of ether oxygens (including phenoxy) is 1. The third kappa shape index (κ3) is 9.19. The van der Waals surface area contributed by atoms with Crippen LogP contribution in [0.25, 0.3) is 0 Å². The average Bonchev–Trinajstić information content (AvgIpc) is 2.75. The van der Waals surface area contributed by atoms with Crippen molar-refractivity contribution >= 4 is 17.9 Å². The number of benzene rings is 2. The summed E-state index contributed by atoms with van der Waals surface area (Å²) in [6, 6.07) is 13.2. The molecule has 2 rings (SSSR count). The molecule has 3 amide bonds. The molecule has 208 valence electrons. The van der Waals surface area contributed by atoms with Gasteiger partial charge in [0.15, 0.2) is 0 Å². The SMILES string of the molecule is Cc1ccc(C(C(=O)NC(C)(C)C)N(C(=O)C(Cc2ccccc2)NC(=O)OC(C)(C)C)C(C)C)c(C)c1. The largest absolute Gasteiger partial charge is 0.444 e. The van der Waals surface area contributed by atoms with Crippen molar-refractivity contribution in [3.8, 4) is 0 Å². The van der Waals surface area contributed by atoms with Gasteiger partial charge in [0.2, 0.25) is 11.8 Å². The Hall–Kier alpha value is -3.35. The number of hydrogen-bond acceptors (Lipinski definition) is 4. The van der Waals surface area contributed by atoms with Gasteiger partial charge < -0.3 is 20.3 Å². The molecule has 0 bridgehead atoms. The summed E-state index contributed by atoms with van der Waals surface area (Å²) in [7, 11) is 0. The lowest BCUT2D eigenvalue weighted by molar-refractivity contribution is -0.145. The monoisotopic (exact) mass is 523 g/mol. The second-order valence-corrected chi connectivity index (χ2v) is 12.2. The molecule has 0 spiro atoms. The van der Waals surface area contributed by atoms with E-state index in [9.17, 15) is 14.4 Å². The summed E-state index contributed by atoms with van der Waals surface area (Å²) in [5, 5.41) is 5.86. The van der Waals surface area contributed by atoms with Crippen LogP contribution >= 0.6 is 0 Å². The molecule has 2 unspecified atom stereocenters. The van der Waals surface area contributed by atoms with E-state index in [-0.39, 0.29) is 24.3 Å². The summed E-state index contributed by atoms with van der Waals surface area (Å²) < 4.78 is 5.49. The highest BCUT2D eigenvalue weighted by molar-refractivity contribution is 5.93. The number of nitrogens with zero attached hydrogens (tertiary/aromatic N) is 1. The number of alkyl carbamates (subject to hydrolysis) is 1. The molecule has 0 aliphatic heterocycles. The van der Waals surface area contributed by atoms with Gasteiger partial charge in [0.1, 0.15) is 17.7 Å². The fourth-order valence-electron chi connectivity index (χ4n) is 4.35. The minimum atomic E-state index is -0.939. The smallest absolute Gasteiger partial charge is 0.408 e. The lowest BCUT2D eigenvalue weighted by Crippen LogP contribution is -2.57. The van der Waals surface area contributed by atoms with E-state index < -0.39 is 29.3 Å². The van der Waals surface area contributed by atoms with Crippen LogP contribution in [0.3, 0.4) is 0 Å². The molecule has 0 aliphatic rings. The highest BCUT2D eigenvalue weighted by Crippen LogP contribution is 2.29. The fraction of sp³-hybridized carbons (Fsp3) is 0.516. The Morgan fingerprint density at radius 2 is 1.53 bits per heavy atom. The molecule has 7 heteroatoms. The summed E-state index contributed by atoms with van der Waals surface area (Å²) in [4.78, 5) is 42.6. The van der Waals surface area contributed by atoms with E-state index in [1.54, 1.807) is 25.7 Å². The third-order valence-electron chi connectivity index (χ3n) is 5.83. The van der Waals surface area contributed by atoms with E-state index in [0.29, 0.717) is 0 Å². The highest BCUT2D eigenvalue weighted by Gasteiger charge is 2.39. The second-order valence-electron chi connectivity index (χ2n) is 12.2. The van der Waals surface area contributed by atoms with Gasteiger partial charge in [-0.05, 0) is 85.9 Å². The molecule has 2 atom stereocenters. The van der Waals surface area contributed by atoms with E-state index in [1.165, 1.54) is 0 Å². The Kier molecular flexibility index (Phi) is 10.1. The summed E-state index contributed by atoms with van der Waals surface area (Å²) >= 11 is 0. The molecule has 2 aromatic rings. The first kappa shape index (κ1) is 30.9. The molecule has 0 aliphatic carbocycles. The summed E-state index contributed by atoms with van der Waals surface area (Å²) in [5.41, 5.74) is 2.38. The number of hydrogen-bond donors (Lipinski definition) is 2. The van der Waals surface area contributed by atoms with Gasteiger partial charge in [-0.3, -0.25) is 9.59 Å². The standard InChI is InChI=1S/C31H45N3O4/c1-20(2)34(26(27(35)33-30(5,6)7)24-17-16-21(3)18-22(24)4)28(36)25(19-23-14-12-11-13-15-23)32-29(37)38-31(8,9)10/h11-18,20,25-26H,19H2,1-10H3,(H,32,37)(H,33,35). The zero-order valence-corrected chi connectivity index (χ0v) is 24.6. The van der Waals surface area contributed by atoms with Crippen molar-refractivity contribution < 1.29 is 19.1 Å². The summed E-state index contributed by atoms with van der Waals surface area (Å²) in [6.45, 7) is 18.7. The van der Waals surface area contributed by atoms with E-state index in [0.717, 1.165) is 22.3 Å². The number of aryl methyl sites for hydroxylation is 2. The van der Waals surface area contributed by atoms with Crippen molar-refractivity contribution in [2.45, 2.75) is 105 Å². The first-order valence-electron chi connectivity index (χ1n) is 13.2. The predicted octanol–water partition coefficient (Wildman–Crippen LogP) is 5.63. The van der Waals surface area contributed by atoms with Gasteiger partial charge >= 0.3 is 6.09 Å². The van der Waals surface area contributed by atoms with Crippen molar-refractivity contribution in [2.75, 3.05) is 0 Å². The molecule has 0 radical (unpaired) electrons. The maximum atomic E-state index is 14.3. The van der Waals surface area contributed by atoms with Crippen LogP contribution in [0.1, 0.15) is 83.7 Å². The van der Waals surface area contributed by atoms with Gasteiger partial charge in [-0.1, -0.05) is 54.1 Å². The Balaban J connectivity index is 2.60. The molecule has 2 N–H and O–H groups in total. The molecule has 0 aromatic heterocycles. The van der Waals surface area contributed by atoms with Gasteiger partial charge in [0.05, 0.1) is 0 Å². The highest BCUT2D eigenvalue weighted by atomic mass is 16.6. The van der Waals surface area contributed by atoms with Crippen molar-refractivity contribution in [1.82, 2.24) is 15.5 Å². The second kappa shape index (κ2) is 12.5. The van der Waals surface area contributed by atoms with E-state index >= 15 is 0 Å². The Labute approximate surface area is 228 Å². The molecule has 2 aromatic carbocycles. The molecular formula is C31H45N3O4. The summed E-state index contributed by atoms with van der Waals surface area (Å²) in [6.07, 6.45) is -0.430. The molecule has 0 saturated carbocycles. The maximum Gasteiger partial charge on any atom is 0.408 e. The minimum Gasteiger partial charge on any atom is -0.444 e. The third-order valence-corrected chi connectivity index (χ3v) is 5.83. The normalized spacial score (nSPS) is 13.4. The van der Waals surface area contributed by atoms with Crippen LogP contribution in [-0.4, -0.2) is 46.0 Å². The van der Waals surface area contributed by atoms with Crippen molar-refractivity contribution in [2.24, 2.45) is 0 Å². The number of rotatable bonds is 8. The first-order valence-corrected chi connectivity index (χ1v) is 13.2. The zero-order chi connectivity index (χ0) is 28.8. The zero-order valence-electron chi connectivity index (χ0n) is 24.6. The topological polar surface area (TPSA) is 87.7 Å². The van der Waals surface area contributed by atoms with Crippen LogP contribution in [0.4, 0.5) is 4.79 Å². The number of nitrogens with one attached hydrogen (secondary N) is 2. The van der Waals surface area contributed by atoms with Crippen LogP contribution in [0.5, 0.6) is 0 Å². The number of carbonyl (C=O) groups is 3. The molecule has 0 saturated heterocycles. The predicted molar refractivity (Wildman–Crippen MR) is 152 cm³/mol. The Bertz CT molecular complexity index is 1110. The Morgan fingerprint density at radius 3 is 2.03 bits per heavy atom. The quantitative estimate of drug-likeness (QED) is 0.469. The van der Waals surface area contributed by atoms with Gasteiger partial charge in [0.25, 0.3) is 0 Å². The Morgan fingerprint density at radius 1 is 0.921 bits per heavy atom. The minimum absolute atomic E-state index is 0.253. The van der Waals surface area contributed by atoms with E-state index in [1.807, 2.05) is 97.0 Å². The van der Waals surface area contributed by atoms with Gasteiger partial charge in [-0.25, -0.2) is 4.79 Å². The van der Waals surface area contributed by atoms with Crippen molar-refractivity contribution in [1.29, 1.82) is 0 Å². The van der Waals surface area contributed by atoms with Crippen LogP contribution < -0.4 is 10.6 Å². The lowest BCUT2D eigenvalue weighted by atomic mass is 9.94. The van der Waals surface area contributed by atoms with Crippen molar-refractivity contribution in [3.05, 3.63) is 70.8 Å². The average molecular weight is 524 g/mol. The van der Waals surface area contributed by atoms with Crippen LogP contribution in [0, 0.1) is 13.8 Å². The molecule has 7 nitrogen and oxygen atoms in total. The molecule has 38 heavy (non-hydrogen) atoms. The summed E-state index contributed by atoms with van der Waals surface area (Å²) in [5.74, 6) is -0.633. The molecule has 0 heterocycles. The van der Waals surface area contributed by atoms with Gasteiger partial charge in [-0.2, -0.15) is 0 Å². The van der Waals surface area contributed by atoms with Gasteiger partial charge in [0, 0.05) is 18.0 Å². The van der Waals surface area contributed by atoms with Crippen LogP contribution in [0.15, 0.2) is 48.5 Å². The fourth-order valence-corrected chi connectivity index (χ4v) is 4.35. The van der Waals surface area contributed by atoms with Crippen LogP contribution in [-0.2, 0) is 20.7 Å².